The van der Waals surface area contributed by atoms with Crippen LogP contribution in [-0.2, 0) is 35.1 Å². The molecule has 1 N–H and O–H groups in total. The molecule has 192 valence electrons. The Kier molecular flexibility index (Phi) is 7.92. The van der Waals surface area contributed by atoms with Crippen molar-refractivity contribution in [1.82, 2.24) is 19.7 Å². The van der Waals surface area contributed by atoms with Crippen LogP contribution in [0.4, 0.5) is 23.2 Å². The molecule has 2 aromatic carbocycles. The predicted octanol–water partition coefficient (Wildman–Crippen LogP) is 4.92. The number of ether oxygens (including phenoxy) is 1. The maximum Gasteiger partial charge on any atom is 0.416 e. The Morgan fingerprint density at radius 2 is 1.84 bits per heavy atom. The molecule has 0 aliphatic rings. The van der Waals surface area contributed by atoms with Gasteiger partial charge in [0.25, 0.3) is 0 Å². The molecule has 2 aromatic heterocycles. The highest BCUT2D eigenvalue weighted by molar-refractivity contribution is 5.92. The number of anilines is 1. The normalized spacial score (nSPS) is 11.5. The Labute approximate surface area is 210 Å². The molecule has 37 heavy (non-hydrogen) atoms. The molecule has 4 aromatic rings. The zero-order chi connectivity index (χ0) is 26.4. The van der Waals surface area contributed by atoms with Crippen molar-refractivity contribution in [3.8, 4) is 11.1 Å². The molecule has 0 spiro atoms. The SMILES string of the molecule is COCCn1cc(Cc2ncc(-c3ccc(CC(=O)Nc4cccc(C(F)(F)F)c4)c(F)c3)cn2)cn1. The van der Waals surface area contributed by atoms with E-state index in [0.717, 1.165) is 17.7 Å². The summed E-state index contributed by atoms with van der Waals surface area (Å²) in [5.41, 5.74) is 1.28. The molecule has 0 fully saturated rings. The maximum absolute atomic E-state index is 14.7. The average molecular weight is 513 g/mol. The van der Waals surface area contributed by atoms with Crippen molar-refractivity contribution in [2.75, 3.05) is 19.0 Å². The molecular weight excluding hydrogens is 490 g/mol. The van der Waals surface area contributed by atoms with Gasteiger partial charge in [-0.2, -0.15) is 18.3 Å². The molecule has 1 amide bonds. The fraction of sp³-hybridized carbons (Fsp3) is 0.231. The minimum atomic E-state index is -4.53. The zero-order valence-corrected chi connectivity index (χ0v) is 19.8. The van der Waals surface area contributed by atoms with E-state index >= 15 is 0 Å². The first-order valence-electron chi connectivity index (χ1n) is 11.3. The highest BCUT2D eigenvalue weighted by atomic mass is 19.4. The molecule has 7 nitrogen and oxygen atoms in total. The number of carbonyl (C=O) groups is 1. The lowest BCUT2D eigenvalue weighted by Gasteiger charge is -2.10. The van der Waals surface area contributed by atoms with Crippen LogP contribution >= 0.6 is 0 Å². The number of methoxy groups -OCH3 is 1. The number of benzene rings is 2. The van der Waals surface area contributed by atoms with Crippen LogP contribution in [0.1, 0.15) is 22.5 Å². The van der Waals surface area contributed by atoms with E-state index in [0.29, 0.717) is 36.5 Å². The van der Waals surface area contributed by atoms with E-state index in [1.807, 2.05) is 6.20 Å². The smallest absolute Gasteiger partial charge is 0.383 e. The molecule has 0 saturated heterocycles. The summed E-state index contributed by atoms with van der Waals surface area (Å²) in [6.45, 7) is 1.20. The predicted molar refractivity (Wildman–Crippen MR) is 128 cm³/mol. The number of halogens is 4. The highest BCUT2D eigenvalue weighted by Gasteiger charge is 2.30. The van der Waals surface area contributed by atoms with Gasteiger partial charge < -0.3 is 10.1 Å². The number of nitrogens with one attached hydrogen (secondary N) is 1. The second-order valence-electron chi connectivity index (χ2n) is 8.28. The summed E-state index contributed by atoms with van der Waals surface area (Å²) in [6, 6.07) is 8.62. The molecule has 0 atom stereocenters. The van der Waals surface area contributed by atoms with Gasteiger partial charge in [0.2, 0.25) is 5.91 Å². The van der Waals surface area contributed by atoms with Crippen molar-refractivity contribution >= 4 is 11.6 Å². The van der Waals surface area contributed by atoms with Gasteiger partial charge in [0, 0.05) is 43.4 Å². The van der Waals surface area contributed by atoms with E-state index in [4.69, 9.17) is 4.74 Å². The molecule has 0 radical (unpaired) electrons. The Morgan fingerprint density at radius 3 is 2.54 bits per heavy atom. The lowest BCUT2D eigenvalue weighted by molar-refractivity contribution is -0.137. The van der Waals surface area contributed by atoms with E-state index in [-0.39, 0.29) is 17.7 Å². The van der Waals surface area contributed by atoms with Crippen molar-refractivity contribution in [3.05, 3.63) is 95.6 Å². The Bertz CT molecular complexity index is 1370. The van der Waals surface area contributed by atoms with Crippen molar-refractivity contribution < 1.29 is 27.1 Å². The molecule has 4 rings (SSSR count). The van der Waals surface area contributed by atoms with Crippen LogP contribution < -0.4 is 5.32 Å². The maximum atomic E-state index is 14.7. The molecule has 0 saturated carbocycles. The first-order valence-corrected chi connectivity index (χ1v) is 11.3. The van der Waals surface area contributed by atoms with E-state index in [9.17, 15) is 22.4 Å². The quantitative estimate of drug-likeness (QED) is 0.322. The van der Waals surface area contributed by atoms with Gasteiger partial charge in [-0.05, 0) is 41.0 Å². The van der Waals surface area contributed by atoms with Crippen LogP contribution in [0.2, 0.25) is 0 Å². The largest absolute Gasteiger partial charge is 0.416 e. The summed E-state index contributed by atoms with van der Waals surface area (Å²) in [4.78, 5) is 21.0. The topological polar surface area (TPSA) is 81.9 Å². The lowest BCUT2D eigenvalue weighted by atomic mass is 10.0. The number of aromatic nitrogens is 4. The minimum Gasteiger partial charge on any atom is -0.383 e. The number of amides is 1. The van der Waals surface area contributed by atoms with Crippen LogP contribution in [0.15, 0.2) is 67.3 Å². The molecule has 0 bridgehead atoms. The zero-order valence-electron chi connectivity index (χ0n) is 19.8. The molecule has 0 unspecified atom stereocenters. The summed E-state index contributed by atoms with van der Waals surface area (Å²) < 4.78 is 60.1. The standard InChI is InChI=1S/C26H23F4N5O2/c1-37-8-7-35-16-17(13-33-35)9-24-31-14-20(15-32-24)18-5-6-19(23(27)10-18)11-25(36)34-22-4-2-3-21(12-22)26(28,29)30/h2-6,10,12-16H,7-9,11H2,1H3,(H,34,36). The number of nitrogens with zero attached hydrogens (tertiary/aromatic N) is 4. The third-order valence-corrected chi connectivity index (χ3v) is 5.49. The number of hydrogen-bond acceptors (Lipinski definition) is 5. The average Bonchev–Trinajstić information content (AvgIpc) is 3.31. The number of carbonyl (C=O) groups excluding carboxylic acids is 1. The Hall–Kier alpha value is -4.12. The third-order valence-electron chi connectivity index (χ3n) is 5.49. The van der Waals surface area contributed by atoms with Crippen LogP contribution in [0.25, 0.3) is 11.1 Å². The number of alkyl halides is 3. The third kappa shape index (κ3) is 6.98. The van der Waals surface area contributed by atoms with Crippen molar-refractivity contribution in [1.29, 1.82) is 0 Å². The number of hydrogen-bond donors (Lipinski definition) is 1. The molecule has 0 aliphatic carbocycles. The first-order chi connectivity index (χ1) is 17.7. The minimum absolute atomic E-state index is 0.0172. The van der Waals surface area contributed by atoms with Gasteiger partial charge in [-0.25, -0.2) is 14.4 Å². The summed E-state index contributed by atoms with van der Waals surface area (Å²) in [7, 11) is 1.63. The lowest BCUT2D eigenvalue weighted by Crippen LogP contribution is -2.16. The van der Waals surface area contributed by atoms with Gasteiger partial charge in [0.05, 0.1) is 31.3 Å². The fourth-order valence-electron chi connectivity index (χ4n) is 3.60. The molecular formula is C26H23F4N5O2. The highest BCUT2D eigenvalue weighted by Crippen LogP contribution is 2.30. The first kappa shape index (κ1) is 26.0. The van der Waals surface area contributed by atoms with Crippen molar-refractivity contribution in [2.45, 2.75) is 25.6 Å². The van der Waals surface area contributed by atoms with E-state index in [1.165, 1.54) is 24.3 Å². The summed E-state index contributed by atoms with van der Waals surface area (Å²) in [5, 5.41) is 6.63. The van der Waals surface area contributed by atoms with Gasteiger partial charge in [-0.1, -0.05) is 18.2 Å². The van der Waals surface area contributed by atoms with Gasteiger partial charge in [0.15, 0.2) is 0 Å². The van der Waals surface area contributed by atoms with E-state index < -0.39 is 23.5 Å². The fourth-order valence-corrected chi connectivity index (χ4v) is 3.60. The summed E-state index contributed by atoms with van der Waals surface area (Å²) >= 11 is 0. The van der Waals surface area contributed by atoms with Crippen molar-refractivity contribution in [2.24, 2.45) is 0 Å². The Morgan fingerprint density at radius 1 is 1.05 bits per heavy atom. The van der Waals surface area contributed by atoms with Gasteiger partial charge >= 0.3 is 6.18 Å². The number of rotatable bonds is 9. The van der Waals surface area contributed by atoms with E-state index in [2.05, 4.69) is 20.4 Å². The van der Waals surface area contributed by atoms with Crippen LogP contribution in [0.3, 0.4) is 0 Å². The van der Waals surface area contributed by atoms with Gasteiger partial charge in [-0.3, -0.25) is 9.48 Å². The van der Waals surface area contributed by atoms with E-state index in [1.54, 1.807) is 36.4 Å². The molecule has 2 heterocycles. The summed E-state index contributed by atoms with van der Waals surface area (Å²) in [5.74, 6) is -0.674. The van der Waals surface area contributed by atoms with Gasteiger partial charge in [-0.15, -0.1) is 0 Å². The second-order valence-corrected chi connectivity index (χ2v) is 8.28. The van der Waals surface area contributed by atoms with Crippen LogP contribution in [-0.4, -0.2) is 39.4 Å². The second kappa shape index (κ2) is 11.3. The monoisotopic (exact) mass is 513 g/mol. The van der Waals surface area contributed by atoms with Gasteiger partial charge in [0.1, 0.15) is 11.6 Å². The van der Waals surface area contributed by atoms with Crippen LogP contribution in [0, 0.1) is 5.82 Å². The Balaban J connectivity index is 1.38. The molecule has 11 heteroatoms. The molecule has 0 aliphatic heterocycles. The van der Waals surface area contributed by atoms with Crippen molar-refractivity contribution in [3.63, 3.8) is 0 Å². The van der Waals surface area contributed by atoms with Crippen LogP contribution in [0.5, 0.6) is 0 Å². The summed E-state index contributed by atoms with van der Waals surface area (Å²) in [6.07, 6.45) is 2.44.